The van der Waals surface area contributed by atoms with Crippen LogP contribution in [0, 0.1) is 0 Å². The van der Waals surface area contributed by atoms with Gasteiger partial charge in [0.1, 0.15) is 0 Å². The highest BCUT2D eigenvalue weighted by Gasteiger charge is 2.10. The Bertz CT molecular complexity index is 364. The molecule has 2 N–H and O–H groups in total. The van der Waals surface area contributed by atoms with Crippen LogP contribution in [0.5, 0.6) is 0 Å². The summed E-state index contributed by atoms with van der Waals surface area (Å²) in [6, 6.07) is 0. The summed E-state index contributed by atoms with van der Waals surface area (Å²) in [6.45, 7) is 2.96. The van der Waals surface area contributed by atoms with Crippen LogP contribution in [0.2, 0.25) is 0 Å². The summed E-state index contributed by atoms with van der Waals surface area (Å²) >= 11 is 0. The summed E-state index contributed by atoms with van der Waals surface area (Å²) in [5.74, 6) is -1.65. The molecular formula is C23H44O6. The van der Waals surface area contributed by atoms with Crippen LogP contribution in [0.3, 0.4) is 0 Å². The Labute approximate surface area is 177 Å². The molecule has 0 aliphatic heterocycles. The lowest BCUT2D eigenvalue weighted by Gasteiger charge is -2.18. The van der Waals surface area contributed by atoms with Gasteiger partial charge in [0.25, 0.3) is 0 Å². The quantitative estimate of drug-likeness (QED) is 0.153. The van der Waals surface area contributed by atoms with Crippen LogP contribution in [0.4, 0.5) is 0 Å². The molecule has 0 aliphatic rings. The minimum Gasteiger partial charge on any atom is -0.481 e. The van der Waals surface area contributed by atoms with E-state index >= 15 is 0 Å². The number of carbonyl (C=O) groups is 2. The molecule has 0 saturated carbocycles. The Kier molecular flexibility index (Phi) is 20.7. The first-order chi connectivity index (χ1) is 14.1. The van der Waals surface area contributed by atoms with Gasteiger partial charge in [-0.3, -0.25) is 9.59 Å². The Morgan fingerprint density at radius 2 is 1.00 bits per heavy atom. The second-order valence-electron chi connectivity index (χ2n) is 7.84. The smallest absolute Gasteiger partial charge is 0.303 e. The van der Waals surface area contributed by atoms with Crippen molar-refractivity contribution in [2.24, 2.45) is 0 Å². The fourth-order valence-corrected chi connectivity index (χ4v) is 3.24. The molecule has 6 heteroatoms. The average Bonchev–Trinajstić information content (AvgIpc) is 2.68. The summed E-state index contributed by atoms with van der Waals surface area (Å²) in [5.41, 5.74) is 0. The standard InChI is InChI=1S/C23H44O6/c1-2-3-4-5-6-7-8-9-10-11-12-13-18-23(28-19-14-16-21(24)25)29-20-15-17-22(26)27/h23H,2-20H2,1H3,(H,24,25)(H,26,27). The normalized spacial score (nSPS) is 11.2. The van der Waals surface area contributed by atoms with Gasteiger partial charge in [0, 0.05) is 12.8 Å². The third kappa shape index (κ3) is 23.0. The number of hydrogen-bond acceptors (Lipinski definition) is 4. The highest BCUT2D eigenvalue weighted by atomic mass is 16.7. The van der Waals surface area contributed by atoms with Crippen molar-refractivity contribution in [3.63, 3.8) is 0 Å². The largest absolute Gasteiger partial charge is 0.481 e. The number of rotatable bonds is 23. The lowest BCUT2D eigenvalue weighted by Crippen LogP contribution is -2.19. The second kappa shape index (κ2) is 21.6. The number of aliphatic carboxylic acids is 2. The van der Waals surface area contributed by atoms with E-state index in [4.69, 9.17) is 19.7 Å². The van der Waals surface area contributed by atoms with Gasteiger partial charge in [0.2, 0.25) is 0 Å². The van der Waals surface area contributed by atoms with E-state index in [9.17, 15) is 9.59 Å². The maximum atomic E-state index is 10.6. The summed E-state index contributed by atoms with van der Waals surface area (Å²) < 4.78 is 11.3. The number of carboxylic acids is 2. The Morgan fingerprint density at radius 3 is 1.38 bits per heavy atom. The molecule has 0 bridgehead atoms. The first-order valence-electron chi connectivity index (χ1n) is 11.7. The summed E-state index contributed by atoms with van der Waals surface area (Å²) in [5, 5.41) is 17.4. The minimum absolute atomic E-state index is 0.0876. The molecule has 0 heterocycles. The molecule has 0 aromatic carbocycles. The van der Waals surface area contributed by atoms with Crippen molar-refractivity contribution < 1.29 is 29.3 Å². The van der Waals surface area contributed by atoms with Gasteiger partial charge in [-0.1, -0.05) is 77.6 Å². The van der Waals surface area contributed by atoms with Gasteiger partial charge in [-0.15, -0.1) is 0 Å². The van der Waals surface area contributed by atoms with E-state index in [1.807, 2.05) is 0 Å². The zero-order valence-electron chi connectivity index (χ0n) is 18.5. The molecule has 0 saturated heterocycles. The van der Waals surface area contributed by atoms with Crippen LogP contribution in [0.15, 0.2) is 0 Å². The molecule has 0 rings (SSSR count). The first kappa shape index (κ1) is 27.9. The summed E-state index contributed by atoms with van der Waals surface area (Å²) in [7, 11) is 0. The van der Waals surface area contributed by atoms with Gasteiger partial charge >= 0.3 is 11.9 Å². The van der Waals surface area contributed by atoms with E-state index < -0.39 is 11.9 Å². The third-order valence-corrected chi connectivity index (χ3v) is 4.97. The van der Waals surface area contributed by atoms with Crippen molar-refractivity contribution >= 4 is 11.9 Å². The van der Waals surface area contributed by atoms with Crippen molar-refractivity contribution in [3.05, 3.63) is 0 Å². The molecule has 0 atom stereocenters. The number of ether oxygens (including phenoxy) is 2. The van der Waals surface area contributed by atoms with E-state index in [0.717, 1.165) is 19.3 Å². The number of carboxylic acid groups (broad SMARTS) is 2. The van der Waals surface area contributed by atoms with Gasteiger partial charge in [0.15, 0.2) is 6.29 Å². The summed E-state index contributed by atoms with van der Waals surface area (Å²) in [6.07, 6.45) is 17.0. The van der Waals surface area contributed by atoms with Crippen LogP contribution in [0.25, 0.3) is 0 Å². The molecule has 0 unspecified atom stereocenters. The molecule has 29 heavy (non-hydrogen) atoms. The predicted octanol–water partition coefficient (Wildman–Crippen LogP) is 6.17. The Hall–Kier alpha value is -1.14. The predicted molar refractivity (Wildman–Crippen MR) is 115 cm³/mol. The van der Waals surface area contributed by atoms with E-state index in [2.05, 4.69) is 6.92 Å². The van der Waals surface area contributed by atoms with Gasteiger partial charge in [-0.2, -0.15) is 0 Å². The van der Waals surface area contributed by atoms with E-state index in [-0.39, 0.29) is 19.1 Å². The monoisotopic (exact) mass is 416 g/mol. The average molecular weight is 417 g/mol. The zero-order chi connectivity index (χ0) is 21.6. The highest BCUT2D eigenvalue weighted by Crippen LogP contribution is 2.14. The molecule has 0 radical (unpaired) electrons. The Balaban J connectivity index is 3.71. The number of hydrogen-bond donors (Lipinski definition) is 2. The lowest BCUT2D eigenvalue weighted by molar-refractivity contribution is -0.153. The highest BCUT2D eigenvalue weighted by molar-refractivity contribution is 5.66. The van der Waals surface area contributed by atoms with Crippen LogP contribution in [0.1, 0.15) is 116 Å². The van der Waals surface area contributed by atoms with Crippen molar-refractivity contribution in [1.29, 1.82) is 0 Å². The molecule has 0 aliphatic carbocycles. The summed E-state index contributed by atoms with van der Waals surface area (Å²) in [4.78, 5) is 21.1. The van der Waals surface area contributed by atoms with Crippen LogP contribution < -0.4 is 0 Å². The van der Waals surface area contributed by atoms with E-state index in [0.29, 0.717) is 26.1 Å². The van der Waals surface area contributed by atoms with E-state index in [1.165, 1.54) is 64.2 Å². The molecule has 0 spiro atoms. The van der Waals surface area contributed by atoms with Crippen LogP contribution in [-0.2, 0) is 19.1 Å². The topological polar surface area (TPSA) is 93.1 Å². The molecule has 0 amide bonds. The molecule has 172 valence electrons. The van der Waals surface area contributed by atoms with Gasteiger partial charge in [-0.05, 0) is 25.7 Å². The van der Waals surface area contributed by atoms with E-state index in [1.54, 1.807) is 0 Å². The lowest BCUT2D eigenvalue weighted by atomic mass is 10.0. The maximum absolute atomic E-state index is 10.6. The van der Waals surface area contributed by atoms with Crippen LogP contribution in [-0.4, -0.2) is 41.7 Å². The molecule has 0 aromatic heterocycles. The van der Waals surface area contributed by atoms with Gasteiger partial charge < -0.3 is 19.7 Å². The van der Waals surface area contributed by atoms with Crippen molar-refractivity contribution in [2.45, 2.75) is 122 Å². The third-order valence-electron chi connectivity index (χ3n) is 4.97. The molecule has 0 aromatic rings. The fourth-order valence-electron chi connectivity index (χ4n) is 3.24. The van der Waals surface area contributed by atoms with Crippen molar-refractivity contribution in [2.75, 3.05) is 13.2 Å². The maximum Gasteiger partial charge on any atom is 0.303 e. The van der Waals surface area contributed by atoms with Crippen molar-refractivity contribution in [1.82, 2.24) is 0 Å². The van der Waals surface area contributed by atoms with Crippen molar-refractivity contribution in [3.8, 4) is 0 Å². The number of unbranched alkanes of at least 4 members (excludes halogenated alkanes) is 11. The zero-order valence-corrected chi connectivity index (χ0v) is 18.5. The van der Waals surface area contributed by atoms with Gasteiger partial charge in [-0.25, -0.2) is 0 Å². The second-order valence-corrected chi connectivity index (χ2v) is 7.84. The minimum atomic E-state index is -0.825. The molecule has 6 nitrogen and oxygen atoms in total. The molecule has 0 fully saturated rings. The first-order valence-corrected chi connectivity index (χ1v) is 11.7. The SMILES string of the molecule is CCCCCCCCCCCCCCC(OCCCC(=O)O)OCCCC(=O)O. The van der Waals surface area contributed by atoms with Gasteiger partial charge in [0.05, 0.1) is 13.2 Å². The Morgan fingerprint density at radius 1 is 0.621 bits per heavy atom. The van der Waals surface area contributed by atoms with Crippen LogP contribution >= 0.6 is 0 Å². The molecular weight excluding hydrogens is 372 g/mol. The fraction of sp³-hybridized carbons (Fsp3) is 0.913.